The molecule has 0 bridgehead atoms. The van der Waals surface area contributed by atoms with Gasteiger partial charge in [-0.25, -0.2) is 4.98 Å². The minimum Gasteiger partial charge on any atom is -0.492 e. The van der Waals surface area contributed by atoms with E-state index in [-0.39, 0.29) is 11.8 Å². The topological polar surface area (TPSA) is 79.9 Å². The molecule has 3 rings (SSSR count). The quantitative estimate of drug-likeness (QED) is 0.859. The van der Waals surface area contributed by atoms with Crippen LogP contribution in [0.25, 0.3) is 0 Å². The number of hydrogen-bond donors (Lipinski definition) is 2. The largest absolute Gasteiger partial charge is 0.492 e. The Bertz CT molecular complexity index is 583. The zero-order chi connectivity index (χ0) is 13.8. The van der Waals surface area contributed by atoms with E-state index >= 15 is 0 Å². The number of rotatable bonds is 4. The number of aromatic amines is 1. The Labute approximate surface area is 116 Å². The highest BCUT2D eigenvalue weighted by atomic mass is 16.5. The minimum absolute atomic E-state index is 0.0269. The van der Waals surface area contributed by atoms with Crippen molar-refractivity contribution >= 4 is 5.91 Å². The number of hydrogen-bond acceptors (Lipinski definition) is 4. The summed E-state index contributed by atoms with van der Waals surface area (Å²) in [5, 5.41) is 9.45. The van der Waals surface area contributed by atoms with Crippen LogP contribution < -0.4 is 10.1 Å². The average Bonchev–Trinajstić information content (AvgIpc) is 3.00. The Hall–Kier alpha value is -2.37. The fourth-order valence-corrected chi connectivity index (χ4v) is 2.30. The molecule has 0 radical (unpaired) electrons. The maximum Gasteiger partial charge on any atom is 0.226 e. The third kappa shape index (κ3) is 2.79. The van der Waals surface area contributed by atoms with Crippen molar-refractivity contribution < 1.29 is 9.53 Å². The zero-order valence-corrected chi connectivity index (χ0v) is 11.0. The Kier molecular flexibility index (Phi) is 3.62. The number of aromatic nitrogens is 3. The van der Waals surface area contributed by atoms with Crippen molar-refractivity contribution in [2.75, 3.05) is 13.2 Å². The van der Waals surface area contributed by atoms with E-state index in [0.717, 1.165) is 23.6 Å². The van der Waals surface area contributed by atoms with Crippen molar-refractivity contribution in [1.82, 2.24) is 20.5 Å². The first kappa shape index (κ1) is 12.7. The molecule has 1 aliphatic rings. The van der Waals surface area contributed by atoms with Gasteiger partial charge in [-0.3, -0.25) is 9.89 Å². The second kappa shape index (κ2) is 5.73. The molecule has 6 heteroatoms. The van der Waals surface area contributed by atoms with E-state index in [1.807, 2.05) is 24.3 Å². The van der Waals surface area contributed by atoms with Crippen LogP contribution in [-0.2, 0) is 17.6 Å². The second-order valence-corrected chi connectivity index (χ2v) is 4.79. The van der Waals surface area contributed by atoms with Crippen LogP contribution in [0.4, 0.5) is 0 Å². The highest BCUT2D eigenvalue weighted by Gasteiger charge is 2.25. The van der Waals surface area contributed by atoms with Gasteiger partial charge >= 0.3 is 0 Å². The van der Waals surface area contributed by atoms with Crippen LogP contribution in [-0.4, -0.2) is 34.2 Å². The van der Waals surface area contributed by atoms with Gasteiger partial charge in [-0.15, -0.1) is 0 Å². The fraction of sp³-hybridized carbons (Fsp3) is 0.357. The molecule has 1 amide bonds. The predicted molar refractivity (Wildman–Crippen MR) is 72.2 cm³/mol. The molecular weight excluding hydrogens is 256 g/mol. The lowest BCUT2D eigenvalue weighted by Gasteiger charge is -2.24. The van der Waals surface area contributed by atoms with Crippen LogP contribution in [0.2, 0.25) is 0 Å². The first-order valence-electron chi connectivity index (χ1n) is 6.65. The maximum absolute atomic E-state index is 12.1. The Morgan fingerprint density at radius 1 is 1.45 bits per heavy atom. The summed E-state index contributed by atoms with van der Waals surface area (Å²) in [7, 11) is 0. The predicted octanol–water partition coefficient (Wildman–Crippen LogP) is 0.715. The molecule has 1 unspecified atom stereocenters. The molecule has 2 heterocycles. The van der Waals surface area contributed by atoms with E-state index in [0.29, 0.717) is 19.6 Å². The van der Waals surface area contributed by atoms with Gasteiger partial charge in [0, 0.05) is 13.0 Å². The van der Waals surface area contributed by atoms with Crippen LogP contribution in [0.5, 0.6) is 5.75 Å². The van der Waals surface area contributed by atoms with Gasteiger partial charge in [-0.2, -0.15) is 5.10 Å². The van der Waals surface area contributed by atoms with Gasteiger partial charge in [-0.1, -0.05) is 18.2 Å². The summed E-state index contributed by atoms with van der Waals surface area (Å²) >= 11 is 0. The molecular formula is C14H16N4O2. The normalized spacial score (nSPS) is 17.1. The molecule has 2 aromatic rings. The molecule has 1 atom stereocenters. The van der Waals surface area contributed by atoms with Crippen LogP contribution in [0.15, 0.2) is 30.6 Å². The average molecular weight is 272 g/mol. The monoisotopic (exact) mass is 272 g/mol. The summed E-state index contributed by atoms with van der Waals surface area (Å²) < 4.78 is 5.62. The second-order valence-electron chi connectivity index (χ2n) is 4.79. The summed E-state index contributed by atoms with van der Waals surface area (Å²) in [6.07, 6.45) is 2.84. The maximum atomic E-state index is 12.1. The summed E-state index contributed by atoms with van der Waals surface area (Å²) in [5.41, 5.74) is 1.09. The third-order valence-corrected chi connectivity index (χ3v) is 3.38. The number of nitrogens with one attached hydrogen (secondary N) is 2. The number of fused-ring (bicyclic) bond motifs is 1. The van der Waals surface area contributed by atoms with Crippen LogP contribution in [0.3, 0.4) is 0 Å². The highest BCUT2D eigenvalue weighted by molar-refractivity contribution is 5.79. The third-order valence-electron chi connectivity index (χ3n) is 3.38. The molecule has 1 aromatic heterocycles. The number of carbonyl (C=O) groups excluding carboxylic acids is 1. The molecule has 0 saturated heterocycles. The first-order chi connectivity index (χ1) is 9.83. The van der Waals surface area contributed by atoms with Crippen LogP contribution >= 0.6 is 0 Å². The van der Waals surface area contributed by atoms with Gasteiger partial charge < -0.3 is 10.1 Å². The molecule has 104 valence electrons. The zero-order valence-electron chi connectivity index (χ0n) is 11.0. The molecule has 1 aliphatic heterocycles. The molecule has 20 heavy (non-hydrogen) atoms. The Morgan fingerprint density at radius 3 is 3.20 bits per heavy atom. The van der Waals surface area contributed by atoms with E-state index in [2.05, 4.69) is 20.5 Å². The number of ether oxygens (including phenoxy) is 1. The first-order valence-corrected chi connectivity index (χ1v) is 6.65. The smallest absolute Gasteiger partial charge is 0.226 e. The number of benzene rings is 1. The van der Waals surface area contributed by atoms with Gasteiger partial charge in [0.2, 0.25) is 5.91 Å². The van der Waals surface area contributed by atoms with E-state index in [9.17, 15) is 4.79 Å². The summed E-state index contributed by atoms with van der Waals surface area (Å²) in [6.45, 7) is 0.983. The number of H-pyrrole nitrogens is 1. The number of carbonyl (C=O) groups is 1. The lowest BCUT2D eigenvalue weighted by atomic mass is 9.96. The molecule has 2 N–H and O–H groups in total. The Balaban J connectivity index is 1.51. The van der Waals surface area contributed by atoms with E-state index in [1.54, 1.807) is 0 Å². The van der Waals surface area contributed by atoms with Crippen LogP contribution in [0.1, 0.15) is 11.4 Å². The van der Waals surface area contributed by atoms with Gasteiger partial charge in [0.25, 0.3) is 0 Å². The van der Waals surface area contributed by atoms with Gasteiger partial charge in [0.1, 0.15) is 24.5 Å². The SMILES string of the molecule is O=C(NCCc1ncn[nH]1)C1COc2ccccc2C1. The van der Waals surface area contributed by atoms with Crippen molar-refractivity contribution in [3.05, 3.63) is 42.0 Å². The number of nitrogens with zero attached hydrogens (tertiary/aromatic N) is 2. The number of amides is 1. The summed E-state index contributed by atoms with van der Waals surface area (Å²) in [6, 6.07) is 7.85. The highest BCUT2D eigenvalue weighted by Crippen LogP contribution is 2.26. The lowest BCUT2D eigenvalue weighted by Crippen LogP contribution is -2.38. The lowest BCUT2D eigenvalue weighted by molar-refractivity contribution is -0.126. The van der Waals surface area contributed by atoms with Gasteiger partial charge in [-0.05, 0) is 18.1 Å². The standard InChI is InChI=1S/C14H16N4O2/c19-14(15-6-5-13-16-9-17-18-13)11-7-10-3-1-2-4-12(10)20-8-11/h1-4,9,11H,5-8H2,(H,15,19)(H,16,17,18). The van der Waals surface area contributed by atoms with Crippen molar-refractivity contribution in [3.8, 4) is 5.75 Å². The molecule has 0 fully saturated rings. The van der Waals surface area contributed by atoms with Crippen molar-refractivity contribution in [2.45, 2.75) is 12.8 Å². The van der Waals surface area contributed by atoms with E-state index in [1.165, 1.54) is 6.33 Å². The number of para-hydroxylation sites is 1. The van der Waals surface area contributed by atoms with Crippen molar-refractivity contribution in [1.29, 1.82) is 0 Å². The molecule has 0 spiro atoms. The summed E-state index contributed by atoms with van der Waals surface area (Å²) in [4.78, 5) is 16.1. The minimum atomic E-state index is -0.125. The Morgan fingerprint density at radius 2 is 2.35 bits per heavy atom. The van der Waals surface area contributed by atoms with Crippen LogP contribution in [0, 0.1) is 5.92 Å². The van der Waals surface area contributed by atoms with E-state index in [4.69, 9.17) is 4.74 Å². The molecule has 6 nitrogen and oxygen atoms in total. The summed E-state index contributed by atoms with van der Waals surface area (Å²) in [5.74, 6) is 1.56. The van der Waals surface area contributed by atoms with Crippen molar-refractivity contribution in [2.24, 2.45) is 5.92 Å². The molecule has 0 saturated carbocycles. The fourth-order valence-electron chi connectivity index (χ4n) is 2.30. The molecule has 1 aromatic carbocycles. The van der Waals surface area contributed by atoms with Gasteiger partial charge in [0.05, 0.1) is 5.92 Å². The molecule has 0 aliphatic carbocycles. The van der Waals surface area contributed by atoms with Gasteiger partial charge in [0.15, 0.2) is 0 Å². The van der Waals surface area contributed by atoms with E-state index < -0.39 is 0 Å². The van der Waals surface area contributed by atoms with Crippen molar-refractivity contribution in [3.63, 3.8) is 0 Å².